The van der Waals surface area contributed by atoms with Gasteiger partial charge in [-0.05, 0) is 24.6 Å². The molecule has 1 amide bonds. The van der Waals surface area contributed by atoms with Crippen LogP contribution in [0.25, 0.3) is 0 Å². The summed E-state index contributed by atoms with van der Waals surface area (Å²) in [6.45, 7) is 4.29. The van der Waals surface area contributed by atoms with Gasteiger partial charge in [0, 0.05) is 19.1 Å². The van der Waals surface area contributed by atoms with E-state index in [9.17, 15) is 4.79 Å². The van der Waals surface area contributed by atoms with E-state index in [2.05, 4.69) is 0 Å². The molecule has 116 valence electrons. The first-order valence-electron chi connectivity index (χ1n) is 7.03. The van der Waals surface area contributed by atoms with E-state index in [-0.39, 0.29) is 18.6 Å². The first kappa shape index (κ1) is 15.6. The first-order chi connectivity index (χ1) is 10.1. The molecular formula is C15H22N2O4. The third kappa shape index (κ3) is 4.09. The molecule has 0 aliphatic carbocycles. The minimum Gasteiger partial charge on any atom is -0.493 e. The number of methoxy groups -OCH3 is 1. The maximum atomic E-state index is 12.0. The van der Waals surface area contributed by atoms with Crippen LogP contribution >= 0.6 is 0 Å². The molecule has 6 nitrogen and oxygen atoms in total. The predicted molar refractivity (Wildman–Crippen MR) is 78.5 cm³/mol. The monoisotopic (exact) mass is 294 g/mol. The fraction of sp³-hybridized carbons (Fsp3) is 0.533. The Morgan fingerprint density at radius 1 is 1.38 bits per heavy atom. The van der Waals surface area contributed by atoms with Gasteiger partial charge in [0.15, 0.2) is 18.1 Å². The topological polar surface area (TPSA) is 74.0 Å². The normalized spacial score (nSPS) is 16.4. The van der Waals surface area contributed by atoms with Crippen LogP contribution in [0.3, 0.4) is 0 Å². The van der Waals surface area contributed by atoms with Crippen molar-refractivity contribution in [2.75, 3.05) is 40.0 Å². The molecule has 1 aliphatic rings. The summed E-state index contributed by atoms with van der Waals surface area (Å²) in [5, 5.41) is 0. The average Bonchev–Trinajstić information content (AvgIpc) is 2.53. The molecule has 0 radical (unpaired) electrons. The highest BCUT2D eigenvalue weighted by molar-refractivity contribution is 5.78. The van der Waals surface area contributed by atoms with Crippen molar-refractivity contribution in [2.24, 2.45) is 5.73 Å². The molecule has 1 heterocycles. The third-order valence-electron chi connectivity index (χ3n) is 3.43. The molecule has 2 rings (SSSR count). The molecule has 6 heteroatoms. The van der Waals surface area contributed by atoms with Crippen molar-refractivity contribution in [3.05, 3.63) is 23.8 Å². The average molecular weight is 294 g/mol. The van der Waals surface area contributed by atoms with Crippen LogP contribution in [0.15, 0.2) is 18.2 Å². The van der Waals surface area contributed by atoms with Crippen LogP contribution in [-0.2, 0) is 9.53 Å². The minimum absolute atomic E-state index is 0.00607. The maximum Gasteiger partial charge on any atom is 0.260 e. The van der Waals surface area contributed by atoms with Crippen LogP contribution in [0.5, 0.6) is 11.5 Å². The largest absolute Gasteiger partial charge is 0.493 e. The first-order valence-corrected chi connectivity index (χ1v) is 7.03. The number of ether oxygens (including phenoxy) is 3. The van der Waals surface area contributed by atoms with Gasteiger partial charge in [0.2, 0.25) is 0 Å². The van der Waals surface area contributed by atoms with Gasteiger partial charge in [-0.1, -0.05) is 6.07 Å². The van der Waals surface area contributed by atoms with Gasteiger partial charge in [0.1, 0.15) is 0 Å². The van der Waals surface area contributed by atoms with Crippen molar-refractivity contribution in [1.29, 1.82) is 0 Å². The van der Waals surface area contributed by atoms with Crippen molar-refractivity contribution in [3.8, 4) is 11.5 Å². The fourth-order valence-electron chi connectivity index (χ4n) is 2.13. The summed E-state index contributed by atoms with van der Waals surface area (Å²) < 4.78 is 16.1. The molecule has 0 saturated carbocycles. The molecule has 1 aromatic carbocycles. The van der Waals surface area contributed by atoms with Crippen LogP contribution in [-0.4, -0.2) is 50.8 Å². The van der Waals surface area contributed by atoms with Gasteiger partial charge in [0.05, 0.1) is 20.3 Å². The second-order valence-electron chi connectivity index (χ2n) is 4.98. The zero-order valence-corrected chi connectivity index (χ0v) is 12.5. The van der Waals surface area contributed by atoms with Gasteiger partial charge in [-0.3, -0.25) is 4.79 Å². The Bertz CT molecular complexity index is 485. The van der Waals surface area contributed by atoms with Crippen molar-refractivity contribution in [1.82, 2.24) is 4.90 Å². The molecule has 1 fully saturated rings. The van der Waals surface area contributed by atoms with Crippen LogP contribution in [0.2, 0.25) is 0 Å². The summed E-state index contributed by atoms with van der Waals surface area (Å²) in [6.07, 6.45) is 0. The molecule has 1 atom stereocenters. The summed E-state index contributed by atoms with van der Waals surface area (Å²) in [6, 6.07) is 5.41. The lowest BCUT2D eigenvalue weighted by molar-refractivity contribution is -0.137. The smallest absolute Gasteiger partial charge is 0.260 e. The van der Waals surface area contributed by atoms with Crippen LogP contribution < -0.4 is 15.2 Å². The number of rotatable bonds is 5. The maximum absolute atomic E-state index is 12.0. The van der Waals surface area contributed by atoms with Gasteiger partial charge in [-0.15, -0.1) is 0 Å². The summed E-state index contributed by atoms with van der Waals surface area (Å²) in [7, 11) is 1.57. The molecule has 1 saturated heterocycles. The zero-order chi connectivity index (χ0) is 15.2. The van der Waals surface area contributed by atoms with Gasteiger partial charge in [0.25, 0.3) is 5.91 Å². The summed E-state index contributed by atoms with van der Waals surface area (Å²) in [5.41, 5.74) is 6.80. The Morgan fingerprint density at radius 2 is 2.10 bits per heavy atom. The minimum atomic E-state index is -0.0806. The number of morpholine rings is 1. The lowest BCUT2D eigenvalue weighted by Crippen LogP contribution is -2.43. The number of amides is 1. The second kappa shape index (κ2) is 7.28. The molecule has 1 aliphatic heterocycles. The molecule has 1 aromatic rings. The Morgan fingerprint density at radius 3 is 2.71 bits per heavy atom. The number of hydrogen-bond donors (Lipinski definition) is 1. The number of carbonyl (C=O) groups excluding carboxylic acids is 1. The lowest BCUT2D eigenvalue weighted by atomic mass is 10.1. The second-order valence-corrected chi connectivity index (χ2v) is 4.98. The van der Waals surface area contributed by atoms with Crippen molar-refractivity contribution >= 4 is 5.91 Å². The highest BCUT2D eigenvalue weighted by Gasteiger charge is 2.18. The van der Waals surface area contributed by atoms with E-state index < -0.39 is 0 Å². The summed E-state index contributed by atoms with van der Waals surface area (Å²) >= 11 is 0. The van der Waals surface area contributed by atoms with E-state index in [1.165, 1.54) is 0 Å². The predicted octanol–water partition coefficient (Wildman–Crippen LogP) is 0.952. The number of nitrogens with zero attached hydrogens (tertiary/aromatic N) is 1. The molecule has 0 aromatic heterocycles. The van der Waals surface area contributed by atoms with Gasteiger partial charge >= 0.3 is 0 Å². The van der Waals surface area contributed by atoms with Crippen molar-refractivity contribution < 1.29 is 19.0 Å². The number of benzene rings is 1. The quantitative estimate of drug-likeness (QED) is 0.875. The summed E-state index contributed by atoms with van der Waals surface area (Å²) in [5.74, 6) is 1.08. The Labute approximate surface area is 124 Å². The van der Waals surface area contributed by atoms with E-state index in [1.807, 2.05) is 19.1 Å². The van der Waals surface area contributed by atoms with E-state index in [0.717, 1.165) is 5.56 Å². The molecule has 0 bridgehead atoms. The van der Waals surface area contributed by atoms with E-state index in [4.69, 9.17) is 19.9 Å². The Hall–Kier alpha value is -1.79. The number of hydrogen-bond acceptors (Lipinski definition) is 5. The molecule has 0 unspecified atom stereocenters. The highest BCUT2D eigenvalue weighted by atomic mass is 16.5. The molecular weight excluding hydrogens is 272 g/mol. The van der Waals surface area contributed by atoms with Crippen molar-refractivity contribution in [3.63, 3.8) is 0 Å². The number of carbonyl (C=O) groups is 1. The van der Waals surface area contributed by atoms with Gasteiger partial charge in [-0.25, -0.2) is 0 Å². The van der Waals surface area contributed by atoms with Crippen molar-refractivity contribution in [2.45, 2.75) is 13.0 Å². The van der Waals surface area contributed by atoms with Crippen LogP contribution in [0, 0.1) is 0 Å². The van der Waals surface area contributed by atoms with E-state index >= 15 is 0 Å². The van der Waals surface area contributed by atoms with Crippen LogP contribution in [0.1, 0.15) is 18.5 Å². The fourth-order valence-corrected chi connectivity index (χ4v) is 2.13. The summed E-state index contributed by atoms with van der Waals surface area (Å²) in [4.78, 5) is 13.8. The van der Waals surface area contributed by atoms with Gasteiger partial charge in [-0.2, -0.15) is 0 Å². The lowest BCUT2D eigenvalue weighted by Gasteiger charge is -2.26. The number of nitrogens with two attached hydrogens (primary N) is 1. The Balaban J connectivity index is 1.97. The van der Waals surface area contributed by atoms with E-state index in [1.54, 1.807) is 18.1 Å². The zero-order valence-electron chi connectivity index (χ0n) is 12.5. The van der Waals surface area contributed by atoms with Gasteiger partial charge < -0.3 is 24.8 Å². The Kier molecular flexibility index (Phi) is 5.41. The molecule has 21 heavy (non-hydrogen) atoms. The van der Waals surface area contributed by atoms with E-state index in [0.29, 0.717) is 37.8 Å². The standard InChI is InChI=1S/C15H22N2O4/c1-11(16)12-3-4-13(14(9-12)19-2)21-10-15(18)17-5-7-20-8-6-17/h3-4,9,11H,5-8,10,16H2,1-2H3/t11-/m0/s1. The highest BCUT2D eigenvalue weighted by Crippen LogP contribution is 2.29. The third-order valence-corrected chi connectivity index (χ3v) is 3.43. The van der Waals surface area contributed by atoms with Crippen LogP contribution in [0.4, 0.5) is 0 Å². The molecule has 0 spiro atoms. The SMILES string of the molecule is COc1cc([C@H](C)N)ccc1OCC(=O)N1CCOCC1. The molecule has 2 N–H and O–H groups in total.